The van der Waals surface area contributed by atoms with Crippen LogP contribution in [0.5, 0.6) is 0 Å². The van der Waals surface area contributed by atoms with Gasteiger partial charge in [0.25, 0.3) is 5.56 Å². The van der Waals surface area contributed by atoms with Gasteiger partial charge in [-0.15, -0.1) is 0 Å². The molecule has 1 atom stereocenters. The van der Waals surface area contributed by atoms with Crippen molar-refractivity contribution in [3.8, 4) is 0 Å². The third kappa shape index (κ3) is 6.72. The molecule has 1 N–H and O–H groups in total. The number of hydrogen-bond donors (Lipinski definition) is 1. The Morgan fingerprint density at radius 2 is 1.86 bits per heavy atom. The topological polar surface area (TPSA) is 70.5 Å². The zero-order valence-corrected chi connectivity index (χ0v) is 20.5. The summed E-state index contributed by atoms with van der Waals surface area (Å²) in [6.07, 6.45) is 4.43. The van der Waals surface area contributed by atoms with E-state index in [9.17, 15) is 9.59 Å². The molecular formula is C28H35N5O2. The summed E-state index contributed by atoms with van der Waals surface area (Å²) in [4.78, 5) is 29.9. The van der Waals surface area contributed by atoms with Gasteiger partial charge in [0, 0.05) is 44.5 Å². The average molecular weight is 474 g/mol. The normalized spacial score (nSPS) is 15.6. The van der Waals surface area contributed by atoms with Crippen molar-refractivity contribution in [1.82, 2.24) is 15.1 Å². The van der Waals surface area contributed by atoms with E-state index in [1.54, 1.807) is 12.3 Å². The summed E-state index contributed by atoms with van der Waals surface area (Å²) in [6.45, 7) is 6.55. The molecule has 1 fully saturated rings. The van der Waals surface area contributed by atoms with E-state index in [0.717, 1.165) is 50.1 Å². The molecule has 1 saturated heterocycles. The van der Waals surface area contributed by atoms with Crippen LogP contribution in [0.1, 0.15) is 31.7 Å². The quantitative estimate of drug-likeness (QED) is 0.456. The van der Waals surface area contributed by atoms with E-state index in [1.165, 1.54) is 10.4 Å². The number of rotatable bonds is 10. The van der Waals surface area contributed by atoms with E-state index in [2.05, 4.69) is 51.4 Å². The van der Waals surface area contributed by atoms with E-state index in [1.807, 2.05) is 36.4 Å². The molecule has 1 aliphatic heterocycles. The van der Waals surface area contributed by atoms with E-state index in [0.29, 0.717) is 19.6 Å². The minimum atomic E-state index is -0.128. The third-order valence-electron chi connectivity index (χ3n) is 6.59. The maximum absolute atomic E-state index is 12.9. The molecule has 7 nitrogen and oxygen atoms in total. The molecular weight excluding hydrogens is 438 g/mol. The molecule has 0 radical (unpaired) electrons. The molecule has 4 rings (SSSR count). The maximum atomic E-state index is 12.9. The van der Waals surface area contributed by atoms with Crippen LogP contribution in [0.25, 0.3) is 0 Å². The first-order chi connectivity index (χ1) is 17.1. The average Bonchev–Trinajstić information content (AvgIpc) is 2.91. The van der Waals surface area contributed by atoms with Crippen molar-refractivity contribution in [2.45, 2.75) is 32.7 Å². The number of para-hydroxylation sites is 1. The Morgan fingerprint density at radius 1 is 1.11 bits per heavy atom. The summed E-state index contributed by atoms with van der Waals surface area (Å²) in [6, 6.07) is 21.8. The van der Waals surface area contributed by atoms with E-state index in [-0.39, 0.29) is 17.4 Å². The molecule has 0 aliphatic carbocycles. The van der Waals surface area contributed by atoms with E-state index in [4.69, 9.17) is 0 Å². The number of hydrogen-bond acceptors (Lipinski definition) is 5. The second kappa shape index (κ2) is 12.2. The molecule has 3 aromatic rings. The van der Waals surface area contributed by atoms with Gasteiger partial charge in [-0.25, -0.2) is 4.68 Å². The third-order valence-corrected chi connectivity index (χ3v) is 6.59. The van der Waals surface area contributed by atoms with Crippen LogP contribution in [0.15, 0.2) is 77.7 Å². The molecule has 1 aliphatic rings. The number of anilines is 2. The number of nitrogens with one attached hydrogen (secondary N) is 1. The SMILES string of the molecule is CCN(CCCNC(=O)[C@H]1CCCN(c2cnn(Cc3ccccc3)c(=O)c2)C1)c1ccccc1. The summed E-state index contributed by atoms with van der Waals surface area (Å²) < 4.78 is 1.47. The van der Waals surface area contributed by atoms with E-state index >= 15 is 0 Å². The molecule has 7 heteroatoms. The summed E-state index contributed by atoms with van der Waals surface area (Å²) in [5, 5.41) is 7.52. The minimum Gasteiger partial charge on any atom is -0.372 e. The van der Waals surface area contributed by atoms with Gasteiger partial charge in [0.15, 0.2) is 0 Å². The van der Waals surface area contributed by atoms with Crippen molar-refractivity contribution in [3.05, 3.63) is 88.8 Å². The molecule has 1 amide bonds. The molecule has 0 bridgehead atoms. The van der Waals surface area contributed by atoms with Crippen LogP contribution >= 0.6 is 0 Å². The number of nitrogens with zero attached hydrogens (tertiary/aromatic N) is 4. The van der Waals surface area contributed by atoms with Crippen molar-refractivity contribution >= 4 is 17.3 Å². The van der Waals surface area contributed by atoms with Crippen LogP contribution in [0, 0.1) is 5.92 Å². The van der Waals surface area contributed by atoms with Crippen molar-refractivity contribution in [3.63, 3.8) is 0 Å². The fraction of sp³-hybridized carbons (Fsp3) is 0.393. The summed E-state index contributed by atoms with van der Waals surface area (Å²) >= 11 is 0. The van der Waals surface area contributed by atoms with Gasteiger partial charge in [-0.2, -0.15) is 5.10 Å². The first-order valence-electron chi connectivity index (χ1n) is 12.6. The molecule has 0 saturated carbocycles. The van der Waals surface area contributed by atoms with Gasteiger partial charge in [0.05, 0.1) is 24.3 Å². The zero-order chi connectivity index (χ0) is 24.5. The number of benzene rings is 2. The number of amides is 1. The van der Waals surface area contributed by atoms with Gasteiger partial charge >= 0.3 is 0 Å². The molecule has 2 heterocycles. The maximum Gasteiger partial charge on any atom is 0.269 e. The van der Waals surface area contributed by atoms with Crippen molar-refractivity contribution in [2.75, 3.05) is 42.5 Å². The first kappa shape index (κ1) is 24.5. The Labute approximate surface area is 207 Å². The first-order valence-corrected chi connectivity index (χ1v) is 12.6. The fourth-order valence-electron chi connectivity index (χ4n) is 4.63. The van der Waals surface area contributed by atoms with Crippen LogP contribution in [-0.2, 0) is 11.3 Å². The standard InChI is InChI=1S/C28H35N5O2/c1-2-31(25-14-7-4-8-15-25)18-10-16-29-28(35)24-13-9-17-32(22-24)26-19-27(34)33(30-20-26)21-23-11-5-3-6-12-23/h3-8,11-12,14-15,19-20,24H,2,9-10,13,16-18,21-22H2,1H3,(H,29,35)/t24-/m0/s1. The number of aromatic nitrogens is 2. The van der Waals surface area contributed by atoms with Crippen molar-refractivity contribution in [1.29, 1.82) is 0 Å². The summed E-state index contributed by atoms with van der Waals surface area (Å²) in [5.41, 5.74) is 2.91. The van der Waals surface area contributed by atoms with Crippen LogP contribution in [0.4, 0.5) is 11.4 Å². The Morgan fingerprint density at radius 3 is 2.57 bits per heavy atom. The van der Waals surface area contributed by atoms with Gasteiger partial charge < -0.3 is 15.1 Å². The smallest absolute Gasteiger partial charge is 0.269 e. The van der Waals surface area contributed by atoms with Gasteiger partial charge in [0.2, 0.25) is 5.91 Å². The van der Waals surface area contributed by atoms with E-state index < -0.39 is 0 Å². The van der Waals surface area contributed by atoms with Gasteiger partial charge in [-0.1, -0.05) is 48.5 Å². The monoisotopic (exact) mass is 473 g/mol. The molecule has 0 spiro atoms. The lowest BCUT2D eigenvalue weighted by Crippen LogP contribution is -2.44. The highest BCUT2D eigenvalue weighted by molar-refractivity contribution is 5.79. The lowest BCUT2D eigenvalue weighted by atomic mass is 9.97. The Bertz CT molecular complexity index is 1130. The molecule has 2 aromatic carbocycles. The van der Waals surface area contributed by atoms with Crippen LogP contribution < -0.4 is 20.7 Å². The van der Waals surface area contributed by atoms with Crippen LogP contribution in [-0.4, -0.2) is 48.4 Å². The second-order valence-corrected chi connectivity index (χ2v) is 9.04. The molecule has 0 unspecified atom stereocenters. The zero-order valence-electron chi connectivity index (χ0n) is 20.5. The Balaban J connectivity index is 1.27. The Hall–Kier alpha value is -3.61. The van der Waals surface area contributed by atoms with Crippen molar-refractivity contribution < 1.29 is 4.79 Å². The summed E-state index contributed by atoms with van der Waals surface area (Å²) in [5.74, 6) is 0.0229. The predicted molar refractivity (Wildman–Crippen MR) is 141 cm³/mol. The van der Waals surface area contributed by atoms with Crippen LogP contribution in [0.3, 0.4) is 0 Å². The molecule has 35 heavy (non-hydrogen) atoms. The summed E-state index contributed by atoms with van der Waals surface area (Å²) in [7, 11) is 0. The largest absolute Gasteiger partial charge is 0.372 e. The Kier molecular flexibility index (Phi) is 8.54. The highest BCUT2D eigenvalue weighted by Gasteiger charge is 2.26. The molecule has 184 valence electrons. The predicted octanol–water partition coefficient (Wildman–Crippen LogP) is 3.54. The molecule has 1 aromatic heterocycles. The minimum absolute atomic E-state index is 0.0769. The van der Waals surface area contributed by atoms with Gasteiger partial charge in [0.1, 0.15) is 0 Å². The fourth-order valence-corrected chi connectivity index (χ4v) is 4.63. The lowest BCUT2D eigenvalue weighted by Gasteiger charge is -2.33. The van der Waals surface area contributed by atoms with Crippen LogP contribution in [0.2, 0.25) is 0 Å². The van der Waals surface area contributed by atoms with Gasteiger partial charge in [-0.05, 0) is 43.9 Å². The lowest BCUT2D eigenvalue weighted by molar-refractivity contribution is -0.125. The second-order valence-electron chi connectivity index (χ2n) is 9.04. The highest BCUT2D eigenvalue weighted by atomic mass is 16.2. The highest BCUT2D eigenvalue weighted by Crippen LogP contribution is 2.22. The number of piperidine rings is 1. The number of carbonyl (C=O) groups is 1. The number of carbonyl (C=O) groups excluding carboxylic acids is 1. The van der Waals surface area contributed by atoms with Crippen molar-refractivity contribution in [2.24, 2.45) is 5.92 Å². The van der Waals surface area contributed by atoms with Gasteiger partial charge in [-0.3, -0.25) is 9.59 Å².